The molecular formula is C20H16ClN3O3. The maximum Gasteiger partial charge on any atom is 0.250 e. The van der Waals surface area contributed by atoms with Crippen LogP contribution in [-0.4, -0.2) is 23.8 Å². The third-order valence-corrected chi connectivity index (χ3v) is 6.18. The van der Waals surface area contributed by atoms with Crippen LogP contribution in [-0.2, 0) is 19.9 Å². The average molecular weight is 382 g/mol. The Balaban J connectivity index is 1.69. The van der Waals surface area contributed by atoms with E-state index in [1.807, 2.05) is 25.1 Å². The van der Waals surface area contributed by atoms with Gasteiger partial charge in [0.25, 0.3) is 0 Å². The fourth-order valence-electron chi connectivity index (χ4n) is 4.79. The van der Waals surface area contributed by atoms with Gasteiger partial charge in [-0.05, 0) is 25.1 Å². The minimum atomic E-state index is -1.25. The number of carbonyl (C=O) groups excluding carboxylic acids is 3. The highest BCUT2D eigenvalue weighted by atomic mass is 35.5. The molecule has 1 spiro atoms. The summed E-state index contributed by atoms with van der Waals surface area (Å²) in [5.74, 6) is -2.48. The number of hydrogen-bond acceptors (Lipinski definition) is 4. The number of amides is 3. The van der Waals surface area contributed by atoms with Gasteiger partial charge in [0, 0.05) is 17.3 Å². The lowest BCUT2D eigenvalue weighted by Crippen LogP contribution is -2.53. The lowest BCUT2D eigenvalue weighted by atomic mass is 9.76. The van der Waals surface area contributed by atoms with Gasteiger partial charge in [-0.1, -0.05) is 41.9 Å². The van der Waals surface area contributed by atoms with E-state index < -0.39 is 23.3 Å². The molecule has 4 atom stereocenters. The van der Waals surface area contributed by atoms with Crippen molar-refractivity contribution < 1.29 is 14.4 Å². The SMILES string of the molecule is C[C@@H]1N[C@@]2(C(=O)Nc3ccccc32)[C@@H]2C(=O)N(c3ccccc3Cl)C(=O)[C@H]12. The van der Waals surface area contributed by atoms with Gasteiger partial charge in [-0.3, -0.25) is 19.7 Å². The van der Waals surface area contributed by atoms with Gasteiger partial charge >= 0.3 is 0 Å². The van der Waals surface area contributed by atoms with E-state index in [4.69, 9.17) is 11.6 Å². The molecule has 2 saturated heterocycles. The van der Waals surface area contributed by atoms with E-state index in [2.05, 4.69) is 10.6 Å². The molecule has 0 aromatic heterocycles. The van der Waals surface area contributed by atoms with Crippen LogP contribution in [0.1, 0.15) is 12.5 Å². The van der Waals surface area contributed by atoms with Crippen molar-refractivity contribution in [3.05, 3.63) is 59.1 Å². The van der Waals surface area contributed by atoms with Crippen molar-refractivity contribution in [3.8, 4) is 0 Å². The van der Waals surface area contributed by atoms with Gasteiger partial charge in [0.15, 0.2) is 0 Å². The maximum atomic E-state index is 13.4. The molecule has 3 aliphatic rings. The second kappa shape index (κ2) is 5.41. The smallest absolute Gasteiger partial charge is 0.250 e. The Morgan fingerprint density at radius 1 is 1.00 bits per heavy atom. The molecule has 2 aromatic carbocycles. The highest BCUT2D eigenvalue weighted by Crippen LogP contribution is 2.53. The minimum absolute atomic E-state index is 0.301. The van der Waals surface area contributed by atoms with E-state index >= 15 is 0 Å². The lowest BCUT2D eigenvalue weighted by molar-refractivity contribution is -0.130. The molecule has 3 amide bonds. The van der Waals surface area contributed by atoms with Gasteiger partial charge in [-0.25, -0.2) is 4.90 Å². The summed E-state index contributed by atoms with van der Waals surface area (Å²) in [4.78, 5) is 40.8. The number of nitrogens with zero attached hydrogens (tertiary/aromatic N) is 1. The van der Waals surface area contributed by atoms with Crippen LogP contribution in [0.2, 0.25) is 5.02 Å². The summed E-state index contributed by atoms with van der Waals surface area (Å²) in [6, 6.07) is 13.7. The van der Waals surface area contributed by atoms with Crippen LogP contribution in [0.5, 0.6) is 0 Å². The van der Waals surface area contributed by atoms with Gasteiger partial charge in [-0.15, -0.1) is 0 Å². The van der Waals surface area contributed by atoms with Crippen LogP contribution in [0.15, 0.2) is 48.5 Å². The molecule has 0 unspecified atom stereocenters. The number of halogens is 1. The van der Waals surface area contributed by atoms with E-state index in [-0.39, 0.29) is 17.9 Å². The summed E-state index contributed by atoms with van der Waals surface area (Å²) >= 11 is 6.25. The Hall–Kier alpha value is -2.70. The number of fused-ring (bicyclic) bond motifs is 4. The fourth-order valence-corrected chi connectivity index (χ4v) is 5.01. The number of rotatable bonds is 1. The molecule has 3 aliphatic heterocycles. The highest BCUT2D eigenvalue weighted by molar-refractivity contribution is 6.36. The Morgan fingerprint density at radius 3 is 2.48 bits per heavy atom. The zero-order valence-corrected chi connectivity index (χ0v) is 15.2. The largest absolute Gasteiger partial charge is 0.324 e. The number of carbonyl (C=O) groups is 3. The van der Waals surface area contributed by atoms with Gasteiger partial charge in [0.2, 0.25) is 17.7 Å². The Kier molecular flexibility index (Phi) is 3.30. The third kappa shape index (κ3) is 1.91. The van der Waals surface area contributed by atoms with Crippen molar-refractivity contribution >= 4 is 40.7 Å². The van der Waals surface area contributed by atoms with Crippen LogP contribution >= 0.6 is 11.6 Å². The standard InChI is InChI=1S/C20H16ClN3O3/c1-10-15-16(18(26)24(17(15)25)14-9-5-3-7-12(14)21)20(23-10)11-6-2-4-8-13(11)22-19(20)27/h2-10,15-16,23H,1H3,(H,22,27)/t10-,15+,16-,20+/m0/s1. The Morgan fingerprint density at radius 2 is 1.70 bits per heavy atom. The van der Waals surface area contributed by atoms with Crippen LogP contribution < -0.4 is 15.5 Å². The van der Waals surface area contributed by atoms with Gasteiger partial charge in [0.1, 0.15) is 5.54 Å². The second-order valence-electron chi connectivity index (χ2n) is 7.21. The minimum Gasteiger partial charge on any atom is -0.324 e. The average Bonchev–Trinajstić information content (AvgIpc) is 3.21. The fraction of sp³-hybridized carbons (Fsp3) is 0.250. The predicted molar refractivity (Wildman–Crippen MR) is 100 cm³/mol. The van der Waals surface area contributed by atoms with Crippen molar-refractivity contribution in [2.75, 3.05) is 10.2 Å². The first-order valence-corrected chi connectivity index (χ1v) is 9.15. The van der Waals surface area contributed by atoms with E-state index in [0.29, 0.717) is 22.0 Å². The molecule has 136 valence electrons. The highest BCUT2D eigenvalue weighted by Gasteiger charge is 2.69. The Labute approximate surface area is 160 Å². The molecule has 2 N–H and O–H groups in total. The molecule has 5 rings (SSSR count). The number of hydrogen-bond donors (Lipinski definition) is 2. The zero-order valence-electron chi connectivity index (χ0n) is 14.4. The Bertz CT molecular complexity index is 1020. The van der Waals surface area contributed by atoms with Crippen LogP contribution in [0.4, 0.5) is 11.4 Å². The molecular weight excluding hydrogens is 366 g/mol. The van der Waals surface area contributed by atoms with Crippen molar-refractivity contribution in [2.24, 2.45) is 11.8 Å². The number of nitrogens with one attached hydrogen (secondary N) is 2. The summed E-state index contributed by atoms with van der Waals surface area (Å²) in [5, 5.41) is 6.45. The molecule has 2 fully saturated rings. The van der Waals surface area contributed by atoms with Crippen LogP contribution in [0.25, 0.3) is 0 Å². The molecule has 0 aliphatic carbocycles. The third-order valence-electron chi connectivity index (χ3n) is 5.86. The number of imide groups is 1. The molecule has 27 heavy (non-hydrogen) atoms. The van der Waals surface area contributed by atoms with Crippen molar-refractivity contribution in [1.82, 2.24) is 5.32 Å². The summed E-state index contributed by atoms with van der Waals surface area (Å²) in [6.45, 7) is 1.84. The van der Waals surface area contributed by atoms with Crippen molar-refractivity contribution in [3.63, 3.8) is 0 Å². The van der Waals surface area contributed by atoms with Gasteiger partial charge in [-0.2, -0.15) is 0 Å². The summed E-state index contributed by atoms with van der Waals surface area (Å²) in [5.41, 5.74) is 0.483. The first-order valence-electron chi connectivity index (χ1n) is 8.78. The van der Waals surface area contributed by atoms with Gasteiger partial charge < -0.3 is 5.32 Å². The van der Waals surface area contributed by atoms with Crippen molar-refractivity contribution in [2.45, 2.75) is 18.5 Å². The number of anilines is 2. The van der Waals surface area contributed by atoms with E-state index in [9.17, 15) is 14.4 Å². The monoisotopic (exact) mass is 381 g/mol. The topological polar surface area (TPSA) is 78.5 Å². The van der Waals surface area contributed by atoms with E-state index in [1.54, 1.807) is 30.3 Å². The molecule has 7 heteroatoms. The first-order chi connectivity index (χ1) is 13.0. The van der Waals surface area contributed by atoms with Crippen molar-refractivity contribution in [1.29, 1.82) is 0 Å². The molecule has 0 bridgehead atoms. The maximum absolute atomic E-state index is 13.4. The molecule has 2 aromatic rings. The molecule has 3 heterocycles. The zero-order chi connectivity index (χ0) is 18.9. The summed E-state index contributed by atoms with van der Waals surface area (Å²) in [6.07, 6.45) is 0. The predicted octanol–water partition coefficient (Wildman–Crippen LogP) is 2.28. The van der Waals surface area contributed by atoms with E-state index in [0.717, 1.165) is 4.90 Å². The summed E-state index contributed by atoms with van der Waals surface area (Å²) < 4.78 is 0. The number of benzene rings is 2. The normalized spacial score (nSPS) is 31.4. The lowest BCUT2D eigenvalue weighted by Gasteiger charge is -2.29. The number of para-hydroxylation sites is 2. The molecule has 0 saturated carbocycles. The van der Waals surface area contributed by atoms with E-state index in [1.165, 1.54) is 0 Å². The quantitative estimate of drug-likeness (QED) is 0.743. The molecule has 0 radical (unpaired) electrons. The second-order valence-corrected chi connectivity index (χ2v) is 7.61. The first kappa shape index (κ1) is 16.5. The van der Waals surface area contributed by atoms with Crippen LogP contribution in [0, 0.1) is 11.8 Å². The van der Waals surface area contributed by atoms with Gasteiger partial charge in [0.05, 0.1) is 22.5 Å². The van der Waals surface area contributed by atoms with Crippen LogP contribution in [0.3, 0.4) is 0 Å². The summed E-state index contributed by atoms with van der Waals surface area (Å²) in [7, 11) is 0. The molecule has 6 nitrogen and oxygen atoms in total.